The molecule has 0 fully saturated rings. The molecule has 2 aromatic rings. The summed E-state index contributed by atoms with van der Waals surface area (Å²) < 4.78 is 0. The van der Waals surface area contributed by atoms with Crippen molar-refractivity contribution < 1.29 is 4.79 Å². The van der Waals surface area contributed by atoms with Gasteiger partial charge in [-0.15, -0.1) is 0 Å². The molecule has 0 atom stereocenters. The van der Waals surface area contributed by atoms with E-state index in [0.717, 1.165) is 25.2 Å². The van der Waals surface area contributed by atoms with Crippen LogP contribution in [0.25, 0.3) is 0 Å². The lowest BCUT2D eigenvalue weighted by Crippen LogP contribution is -2.31. The van der Waals surface area contributed by atoms with Crippen molar-refractivity contribution in [3.8, 4) is 0 Å². The van der Waals surface area contributed by atoms with Gasteiger partial charge in [0.05, 0.1) is 0 Å². The van der Waals surface area contributed by atoms with Gasteiger partial charge in [-0.2, -0.15) is 0 Å². The Kier molecular flexibility index (Phi) is 6.69. The second kappa shape index (κ2) is 8.98. The van der Waals surface area contributed by atoms with Crippen LogP contribution >= 0.6 is 0 Å². The summed E-state index contributed by atoms with van der Waals surface area (Å²) in [4.78, 5) is 25.1. The Balaban J connectivity index is 2.05. The molecule has 128 valence electrons. The first-order chi connectivity index (χ1) is 11.6. The first-order valence-corrected chi connectivity index (χ1v) is 8.20. The Morgan fingerprint density at radius 2 is 1.92 bits per heavy atom. The highest BCUT2D eigenvalue weighted by atomic mass is 16.2. The molecule has 0 aliphatic rings. The minimum atomic E-state index is -0.123. The fourth-order valence-electron chi connectivity index (χ4n) is 2.35. The zero-order valence-electron chi connectivity index (χ0n) is 14.6. The van der Waals surface area contributed by atoms with Gasteiger partial charge in [0.15, 0.2) is 0 Å². The number of anilines is 2. The van der Waals surface area contributed by atoms with E-state index >= 15 is 0 Å². The molecule has 6 nitrogen and oxygen atoms in total. The number of hydrogen-bond donors (Lipinski definition) is 1. The predicted octanol–water partition coefficient (Wildman–Crippen LogP) is 2.51. The molecule has 6 heteroatoms. The maximum Gasteiger partial charge on any atom is 0.277 e. The second-order valence-corrected chi connectivity index (χ2v) is 5.73. The van der Waals surface area contributed by atoms with Crippen LogP contribution < -0.4 is 10.2 Å². The topological polar surface area (TPSA) is 61.4 Å². The summed E-state index contributed by atoms with van der Waals surface area (Å²) in [5.74, 6) is 0.367. The average molecular weight is 327 g/mol. The van der Waals surface area contributed by atoms with Crippen molar-refractivity contribution in [1.29, 1.82) is 0 Å². The van der Waals surface area contributed by atoms with E-state index in [1.54, 1.807) is 17.2 Å². The molecule has 1 N–H and O–H groups in total. The molecule has 0 saturated heterocycles. The molecule has 1 amide bonds. The molecule has 0 aliphatic carbocycles. The van der Waals surface area contributed by atoms with Crippen LogP contribution in [-0.4, -0.2) is 54.5 Å². The monoisotopic (exact) mass is 327 g/mol. The molecule has 1 aromatic heterocycles. The number of aromatic nitrogens is 2. The third-order valence-electron chi connectivity index (χ3n) is 3.57. The Bertz CT molecular complexity index is 645. The number of nitrogens with one attached hydrogen (secondary N) is 1. The van der Waals surface area contributed by atoms with Gasteiger partial charge in [-0.1, -0.05) is 18.2 Å². The van der Waals surface area contributed by atoms with Gasteiger partial charge in [-0.25, -0.2) is 9.97 Å². The van der Waals surface area contributed by atoms with Crippen molar-refractivity contribution in [2.45, 2.75) is 13.3 Å². The molecule has 24 heavy (non-hydrogen) atoms. The highest BCUT2D eigenvalue weighted by molar-refractivity contribution is 6.04. The maximum absolute atomic E-state index is 12.7. The first kappa shape index (κ1) is 17.9. The third kappa shape index (κ3) is 5.03. The standard InChI is InChI=1S/C18H25N5O/c1-4-23(15-9-6-5-7-10-15)17(24)16-11-13-20-18(21-16)19-12-8-14-22(2)3/h5-7,9-11,13H,4,8,12,14H2,1-3H3,(H,19,20,21). The van der Waals surface area contributed by atoms with E-state index in [4.69, 9.17) is 0 Å². The average Bonchev–Trinajstić information content (AvgIpc) is 2.60. The third-order valence-corrected chi connectivity index (χ3v) is 3.57. The van der Waals surface area contributed by atoms with Gasteiger partial charge in [0.25, 0.3) is 5.91 Å². The fourth-order valence-corrected chi connectivity index (χ4v) is 2.35. The molecule has 1 heterocycles. The van der Waals surface area contributed by atoms with E-state index in [-0.39, 0.29) is 5.91 Å². The zero-order valence-corrected chi connectivity index (χ0v) is 14.6. The lowest BCUT2D eigenvalue weighted by atomic mass is 10.2. The Morgan fingerprint density at radius 3 is 2.58 bits per heavy atom. The zero-order chi connectivity index (χ0) is 17.4. The number of benzene rings is 1. The van der Waals surface area contributed by atoms with E-state index in [0.29, 0.717) is 18.2 Å². The lowest BCUT2D eigenvalue weighted by Gasteiger charge is -2.20. The van der Waals surface area contributed by atoms with E-state index in [1.807, 2.05) is 51.4 Å². The highest BCUT2D eigenvalue weighted by Crippen LogP contribution is 2.16. The molecule has 0 spiro atoms. The van der Waals surface area contributed by atoms with Gasteiger partial charge in [0.2, 0.25) is 5.95 Å². The van der Waals surface area contributed by atoms with Crippen LogP contribution in [0.3, 0.4) is 0 Å². The van der Waals surface area contributed by atoms with Crippen LogP contribution in [0.1, 0.15) is 23.8 Å². The maximum atomic E-state index is 12.7. The molecule has 0 bridgehead atoms. The summed E-state index contributed by atoms with van der Waals surface area (Å²) in [5.41, 5.74) is 1.26. The summed E-state index contributed by atoms with van der Waals surface area (Å²) in [6.07, 6.45) is 2.60. The summed E-state index contributed by atoms with van der Waals surface area (Å²) >= 11 is 0. The number of carbonyl (C=O) groups excluding carboxylic acids is 1. The Hall–Kier alpha value is -2.47. The summed E-state index contributed by atoms with van der Waals surface area (Å²) in [7, 11) is 4.08. The summed E-state index contributed by atoms with van der Waals surface area (Å²) in [6.45, 7) is 4.29. The molecular weight excluding hydrogens is 302 g/mol. The van der Waals surface area contributed by atoms with Crippen molar-refractivity contribution in [2.24, 2.45) is 0 Å². The Morgan fingerprint density at radius 1 is 1.17 bits per heavy atom. The van der Waals surface area contributed by atoms with Crippen molar-refractivity contribution in [2.75, 3.05) is 43.9 Å². The van der Waals surface area contributed by atoms with Crippen LogP contribution in [0, 0.1) is 0 Å². The van der Waals surface area contributed by atoms with Crippen molar-refractivity contribution in [3.05, 3.63) is 48.3 Å². The van der Waals surface area contributed by atoms with E-state index < -0.39 is 0 Å². The van der Waals surface area contributed by atoms with Crippen LogP contribution in [0.5, 0.6) is 0 Å². The Labute approximate surface area is 143 Å². The minimum Gasteiger partial charge on any atom is -0.354 e. The van der Waals surface area contributed by atoms with Gasteiger partial charge in [0, 0.05) is 25.0 Å². The second-order valence-electron chi connectivity index (χ2n) is 5.73. The molecular formula is C18H25N5O. The molecule has 0 saturated carbocycles. The number of para-hydroxylation sites is 1. The molecule has 0 radical (unpaired) electrons. The van der Waals surface area contributed by atoms with Gasteiger partial charge in [0.1, 0.15) is 5.69 Å². The van der Waals surface area contributed by atoms with Crippen molar-refractivity contribution >= 4 is 17.5 Å². The number of carbonyl (C=O) groups is 1. The molecule has 0 unspecified atom stereocenters. The number of nitrogens with zero attached hydrogens (tertiary/aromatic N) is 4. The minimum absolute atomic E-state index is 0.123. The van der Waals surface area contributed by atoms with Gasteiger partial charge in [-0.05, 0) is 52.2 Å². The normalized spacial score (nSPS) is 10.7. The number of hydrogen-bond acceptors (Lipinski definition) is 5. The highest BCUT2D eigenvalue weighted by Gasteiger charge is 2.17. The first-order valence-electron chi connectivity index (χ1n) is 8.20. The molecule has 2 rings (SSSR count). The van der Waals surface area contributed by atoms with Gasteiger partial charge in [-0.3, -0.25) is 4.79 Å². The van der Waals surface area contributed by atoms with Crippen LogP contribution in [0.2, 0.25) is 0 Å². The van der Waals surface area contributed by atoms with Crippen LogP contribution in [0.15, 0.2) is 42.6 Å². The van der Waals surface area contributed by atoms with E-state index in [2.05, 4.69) is 20.2 Å². The van der Waals surface area contributed by atoms with E-state index in [1.165, 1.54) is 0 Å². The van der Waals surface area contributed by atoms with Crippen molar-refractivity contribution in [1.82, 2.24) is 14.9 Å². The number of amides is 1. The van der Waals surface area contributed by atoms with Gasteiger partial charge < -0.3 is 15.1 Å². The quantitative estimate of drug-likeness (QED) is 0.755. The van der Waals surface area contributed by atoms with Crippen LogP contribution in [0.4, 0.5) is 11.6 Å². The van der Waals surface area contributed by atoms with Crippen molar-refractivity contribution in [3.63, 3.8) is 0 Å². The fraction of sp³-hybridized carbons (Fsp3) is 0.389. The predicted molar refractivity (Wildman–Crippen MR) is 97.5 cm³/mol. The van der Waals surface area contributed by atoms with Crippen LogP contribution in [-0.2, 0) is 0 Å². The molecule has 0 aliphatic heterocycles. The summed E-state index contributed by atoms with van der Waals surface area (Å²) in [6, 6.07) is 11.3. The van der Waals surface area contributed by atoms with E-state index in [9.17, 15) is 4.79 Å². The lowest BCUT2D eigenvalue weighted by molar-refractivity contribution is 0.0983. The largest absolute Gasteiger partial charge is 0.354 e. The SMILES string of the molecule is CCN(C(=O)c1ccnc(NCCCN(C)C)n1)c1ccccc1. The molecule has 1 aromatic carbocycles. The summed E-state index contributed by atoms with van der Waals surface area (Å²) in [5, 5.41) is 3.17. The van der Waals surface area contributed by atoms with Gasteiger partial charge >= 0.3 is 0 Å². The smallest absolute Gasteiger partial charge is 0.277 e. The number of rotatable bonds is 8.